The first kappa shape index (κ1) is 21.0. The van der Waals surface area contributed by atoms with Crippen molar-refractivity contribution < 1.29 is 18.0 Å². The zero-order chi connectivity index (χ0) is 20.9. The molecule has 7 heteroatoms. The van der Waals surface area contributed by atoms with Crippen LogP contribution in [0.25, 0.3) is 0 Å². The lowest BCUT2D eigenvalue weighted by Gasteiger charge is -2.33. The van der Waals surface area contributed by atoms with Gasteiger partial charge in [-0.15, -0.1) is 0 Å². The van der Waals surface area contributed by atoms with Gasteiger partial charge in [-0.2, -0.15) is 0 Å². The van der Waals surface area contributed by atoms with E-state index in [1.165, 1.54) is 0 Å². The molecule has 6 nitrogen and oxygen atoms in total. The van der Waals surface area contributed by atoms with Crippen LogP contribution in [0, 0.1) is 0 Å². The molecule has 2 aromatic carbocycles. The highest BCUT2D eigenvalue weighted by Gasteiger charge is 2.25. The molecule has 1 heterocycles. The number of nitrogens with one attached hydrogen (secondary N) is 1. The minimum Gasteiger partial charge on any atom is -0.352 e. The van der Waals surface area contributed by atoms with E-state index in [0.717, 1.165) is 12.8 Å². The third-order valence-electron chi connectivity index (χ3n) is 5.05. The van der Waals surface area contributed by atoms with Crippen LogP contribution in [-0.4, -0.2) is 44.3 Å². The molecule has 3 rings (SSSR count). The summed E-state index contributed by atoms with van der Waals surface area (Å²) in [5, 5.41) is 2.96. The Morgan fingerprint density at radius 2 is 1.76 bits per heavy atom. The smallest absolute Gasteiger partial charge is 0.253 e. The van der Waals surface area contributed by atoms with Crippen LogP contribution in [0.1, 0.15) is 42.1 Å². The summed E-state index contributed by atoms with van der Waals surface area (Å²) in [5.41, 5.74) is 1.16. The summed E-state index contributed by atoms with van der Waals surface area (Å²) in [6.45, 7) is 2.96. The first-order chi connectivity index (χ1) is 13.9. The van der Waals surface area contributed by atoms with E-state index in [9.17, 15) is 18.0 Å². The maximum Gasteiger partial charge on any atom is 0.253 e. The Balaban J connectivity index is 1.65. The maximum absolute atomic E-state index is 12.8. The molecular weight excluding hydrogens is 388 g/mol. The summed E-state index contributed by atoms with van der Waals surface area (Å²) in [4.78, 5) is 26.5. The number of carbonyl (C=O) groups excluding carboxylic acids is 2. The van der Waals surface area contributed by atoms with E-state index in [0.29, 0.717) is 30.6 Å². The van der Waals surface area contributed by atoms with Crippen molar-refractivity contribution in [2.45, 2.75) is 42.9 Å². The molecule has 1 N–H and O–H groups in total. The van der Waals surface area contributed by atoms with Crippen molar-refractivity contribution in [3.05, 3.63) is 65.7 Å². The van der Waals surface area contributed by atoms with Crippen LogP contribution in [0.5, 0.6) is 0 Å². The van der Waals surface area contributed by atoms with Gasteiger partial charge in [-0.05, 0) is 42.7 Å². The lowest BCUT2D eigenvalue weighted by molar-refractivity contribution is -0.121. The fourth-order valence-corrected chi connectivity index (χ4v) is 4.84. The Labute approximate surface area is 171 Å². The second-order valence-electron chi connectivity index (χ2n) is 7.28. The number of benzene rings is 2. The van der Waals surface area contributed by atoms with E-state index in [-0.39, 0.29) is 28.5 Å². The summed E-state index contributed by atoms with van der Waals surface area (Å²) >= 11 is 0. The largest absolute Gasteiger partial charge is 0.352 e. The Hall–Kier alpha value is -2.67. The molecule has 1 aliphatic heterocycles. The van der Waals surface area contributed by atoms with Gasteiger partial charge in [-0.25, -0.2) is 8.42 Å². The molecule has 1 unspecified atom stereocenters. The normalized spacial score (nSPS) is 17.0. The lowest BCUT2D eigenvalue weighted by atomic mass is 10.0. The average molecular weight is 415 g/mol. The quantitative estimate of drug-likeness (QED) is 0.788. The van der Waals surface area contributed by atoms with Gasteiger partial charge in [0.05, 0.1) is 10.6 Å². The number of sulfone groups is 1. The summed E-state index contributed by atoms with van der Waals surface area (Å²) in [6, 6.07) is 15.0. The van der Waals surface area contributed by atoms with E-state index in [1.54, 1.807) is 66.4 Å². The van der Waals surface area contributed by atoms with Crippen LogP contribution >= 0.6 is 0 Å². The highest BCUT2D eigenvalue weighted by Crippen LogP contribution is 2.18. The summed E-state index contributed by atoms with van der Waals surface area (Å²) in [7, 11) is -3.42. The fraction of sp³-hybridized carbons (Fsp3) is 0.364. The predicted molar refractivity (Wildman–Crippen MR) is 111 cm³/mol. The van der Waals surface area contributed by atoms with Crippen molar-refractivity contribution in [1.82, 2.24) is 10.2 Å². The number of hydrogen-bond donors (Lipinski definition) is 1. The second-order valence-corrected chi connectivity index (χ2v) is 9.27. The maximum atomic E-state index is 12.8. The highest BCUT2D eigenvalue weighted by molar-refractivity contribution is 7.90. The van der Waals surface area contributed by atoms with Gasteiger partial charge in [0, 0.05) is 31.1 Å². The third kappa shape index (κ3) is 5.44. The van der Waals surface area contributed by atoms with Gasteiger partial charge in [-0.3, -0.25) is 9.59 Å². The van der Waals surface area contributed by atoms with E-state index in [1.807, 2.05) is 0 Å². The van der Waals surface area contributed by atoms with E-state index < -0.39 is 9.84 Å². The zero-order valence-electron chi connectivity index (χ0n) is 16.5. The molecule has 1 saturated heterocycles. The fourth-order valence-electron chi connectivity index (χ4n) is 3.47. The minimum absolute atomic E-state index is 0.00622. The molecule has 0 radical (unpaired) electrons. The van der Waals surface area contributed by atoms with Crippen LogP contribution in [0.4, 0.5) is 0 Å². The van der Waals surface area contributed by atoms with E-state index in [4.69, 9.17) is 0 Å². The molecular formula is C22H26N2O4S. The lowest BCUT2D eigenvalue weighted by Crippen LogP contribution is -2.49. The van der Waals surface area contributed by atoms with Crippen LogP contribution in [0.3, 0.4) is 0 Å². The van der Waals surface area contributed by atoms with Crippen molar-refractivity contribution >= 4 is 21.7 Å². The molecule has 2 amide bonds. The predicted octanol–water partition coefficient (Wildman–Crippen LogP) is 2.79. The second kappa shape index (κ2) is 9.22. The Morgan fingerprint density at radius 3 is 2.41 bits per heavy atom. The van der Waals surface area contributed by atoms with Gasteiger partial charge in [0.25, 0.3) is 5.91 Å². The van der Waals surface area contributed by atoms with Crippen molar-refractivity contribution in [2.75, 3.05) is 13.1 Å². The van der Waals surface area contributed by atoms with Gasteiger partial charge in [0.1, 0.15) is 0 Å². The molecule has 0 saturated carbocycles. The summed E-state index contributed by atoms with van der Waals surface area (Å²) in [5.74, 6) is -0.216. The van der Waals surface area contributed by atoms with E-state index >= 15 is 0 Å². The van der Waals surface area contributed by atoms with Gasteiger partial charge in [-0.1, -0.05) is 37.3 Å². The highest BCUT2D eigenvalue weighted by atomic mass is 32.2. The summed E-state index contributed by atoms with van der Waals surface area (Å²) in [6.07, 6.45) is 2.14. The number of likely N-dealkylation sites (tertiary alicyclic amines) is 1. The minimum atomic E-state index is -3.42. The van der Waals surface area contributed by atoms with Crippen LogP contribution in [0.15, 0.2) is 59.5 Å². The van der Waals surface area contributed by atoms with Crippen molar-refractivity contribution in [3.8, 4) is 0 Å². The van der Waals surface area contributed by atoms with E-state index in [2.05, 4.69) is 5.32 Å². The molecule has 1 fully saturated rings. The number of piperidine rings is 1. The SMILES string of the molecule is CCC(=O)NC1CCCN(C(=O)c2ccc(CS(=O)(=O)c3ccccc3)cc2)C1. The Bertz CT molecular complexity index is 956. The molecule has 1 aliphatic rings. The van der Waals surface area contributed by atoms with Crippen molar-refractivity contribution in [2.24, 2.45) is 0 Å². The Kier molecular flexibility index (Phi) is 6.69. The topological polar surface area (TPSA) is 83.6 Å². The number of hydrogen-bond acceptors (Lipinski definition) is 4. The van der Waals surface area contributed by atoms with Crippen LogP contribution < -0.4 is 5.32 Å². The molecule has 2 aromatic rings. The molecule has 1 atom stereocenters. The number of amides is 2. The van der Waals surface area contributed by atoms with Crippen molar-refractivity contribution in [1.29, 1.82) is 0 Å². The van der Waals surface area contributed by atoms with Crippen molar-refractivity contribution in [3.63, 3.8) is 0 Å². The molecule has 154 valence electrons. The standard InChI is InChI=1S/C22H26N2O4S/c1-2-21(25)23-19-7-6-14-24(15-19)22(26)18-12-10-17(11-13-18)16-29(27,28)20-8-4-3-5-9-20/h3-5,8-13,19H,2,6-7,14-16H2,1H3,(H,23,25). The van der Waals surface area contributed by atoms with Gasteiger partial charge < -0.3 is 10.2 Å². The van der Waals surface area contributed by atoms with Gasteiger partial charge in [0.15, 0.2) is 9.84 Å². The van der Waals surface area contributed by atoms with Crippen LogP contribution in [0.2, 0.25) is 0 Å². The average Bonchev–Trinajstić information content (AvgIpc) is 2.74. The molecule has 0 aromatic heterocycles. The first-order valence-electron chi connectivity index (χ1n) is 9.84. The Morgan fingerprint density at radius 1 is 1.07 bits per heavy atom. The molecule has 29 heavy (non-hydrogen) atoms. The molecule has 0 spiro atoms. The van der Waals surface area contributed by atoms with Gasteiger partial charge in [0.2, 0.25) is 5.91 Å². The summed E-state index contributed by atoms with van der Waals surface area (Å²) < 4.78 is 25.0. The number of nitrogens with zero attached hydrogens (tertiary/aromatic N) is 1. The third-order valence-corrected chi connectivity index (χ3v) is 6.76. The number of carbonyl (C=O) groups is 2. The number of rotatable bonds is 6. The molecule has 0 aliphatic carbocycles. The molecule has 0 bridgehead atoms. The monoisotopic (exact) mass is 414 g/mol. The zero-order valence-corrected chi connectivity index (χ0v) is 17.3. The van der Waals surface area contributed by atoms with Gasteiger partial charge >= 0.3 is 0 Å². The first-order valence-corrected chi connectivity index (χ1v) is 11.5. The van der Waals surface area contributed by atoms with Crippen LogP contribution in [-0.2, 0) is 20.4 Å².